The van der Waals surface area contributed by atoms with E-state index in [1.165, 1.54) is 0 Å². The van der Waals surface area contributed by atoms with E-state index in [4.69, 9.17) is 14.2 Å². The highest BCUT2D eigenvalue weighted by molar-refractivity contribution is 6.06. The number of ether oxygens (including phenoxy) is 3. The molecule has 1 aromatic heterocycles. The number of hydrogen-bond donors (Lipinski definition) is 1. The summed E-state index contributed by atoms with van der Waals surface area (Å²) < 4.78 is 16.8. The molecule has 0 aliphatic carbocycles. The maximum absolute atomic E-state index is 12.9. The summed E-state index contributed by atoms with van der Waals surface area (Å²) in [6.07, 6.45) is 3.37. The lowest BCUT2D eigenvalue weighted by Crippen LogP contribution is -2.34. The van der Waals surface area contributed by atoms with E-state index in [2.05, 4.69) is 22.1 Å². The highest BCUT2D eigenvalue weighted by Crippen LogP contribution is 2.45. The molecule has 1 aromatic carbocycles. The average Bonchev–Trinajstić information content (AvgIpc) is 3.15. The van der Waals surface area contributed by atoms with E-state index in [-0.39, 0.29) is 11.9 Å². The Morgan fingerprint density at radius 2 is 2.07 bits per heavy atom. The van der Waals surface area contributed by atoms with Crippen molar-refractivity contribution < 1.29 is 19.0 Å². The van der Waals surface area contributed by atoms with Gasteiger partial charge in [0.1, 0.15) is 19.1 Å². The molecule has 4 rings (SSSR count). The summed E-state index contributed by atoms with van der Waals surface area (Å²) in [5.74, 6) is 1.18. The first-order chi connectivity index (χ1) is 13.2. The van der Waals surface area contributed by atoms with Crippen molar-refractivity contribution in [3.05, 3.63) is 35.5 Å². The smallest absolute Gasteiger partial charge is 0.315 e. The van der Waals surface area contributed by atoms with Gasteiger partial charge < -0.3 is 14.2 Å². The largest absolute Gasteiger partial charge is 0.486 e. The number of aromatic amines is 1. The maximum Gasteiger partial charge on any atom is 0.315 e. The topological polar surface area (TPSA) is 85.8 Å². The third-order valence-corrected chi connectivity index (χ3v) is 4.90. The molecule has 2 aromatic rings. The molecule has 2 aliphatic heterocycles. The van der Waals surface area contributed by atoms with Gasteiger partial charge in [-0.05, 0) is 31.0 Å². The summed E-state index contributed by atoms with van der Waals surface area (Å²) in [6.45, 7) is 5.29. The first-order valence-electron chi connectivity index (χ1n) is 9.39. The van der Waals surface area contributed by atoms with Gasteiger partial charge in [-0.2, -0.15) is 5.10 Å². The quantitative estimate of drug-likeness (QED) is 0.817. The fourth-order valence-corrected chi connectivity index (χ4v) is 3.79. The fourth-order valence-electron chi connectivity index (χ4n) is 3.79. The number of carbonyl (C=O) groups is 1. The lowest BCUT2D eigenvalue weighted by atomic mass is 9.76. The summed E-state index contributed by atoms with van der Waals surface area (Å²) in [7, 11) is 0. The van der Waals surface area contributed by atoms with E-state index in [0.717, 1.165) is 35.4 Å². The molecule has 142 valence electrons. The number of H-pyrrole nitrogens is 1. The maximum atomic E-state index is 12.9. The summed E-state index contributed by atoms with van der Waals surface area (Å²) in [4.78, 5) is 17.6. The van der Waals surface area contributed by atoms with Gasteiger partial charge in [-0.15, -0.1) is 0 Å². The van der Waals surface area contributed by atoms with Crippen molar-refractivity contribution in [2.75, 3.05) is 19.8 Å². The van der Waals surface area contributed by atoms with Crippen molar-refractivity contribution in [2.45, 2.75) is 32.6 Å². The van der Waals surface area contributed by atoms with Crippen molar-refractivity contribution >= 4 is 17.5 Å². The molecule has 0 radical (unpaired) electrons. The summed E-state index contributed by atoms with van der Waals surface area (Å²) in [5.41, 5.74) is 2.68. The number of nitrogens with zero attached hydrogens (tertiary/aromatic N) is 2. The number of rotatable bonds is 5. The van der Waals surface area contributed by atoms with E-state index < -0.39 is 5.92 Å². The zero-order chi connectivity index (χ0) is 18.8. The van der Waals surface area contributed by atoms with Crippen molar-refractivity contribution in [3.63, 3.8) is 0 Å². The lowest BCUT2D eigenvalue weighted by molar-refractivity contribution is -0.146. The summed E-state index contributed by atoms with van der Waals surface area (Å²) in [6, 6.07) is 5.84. The normalized spacial score (nSPS) is 20.6. The number of aliphatic imine (C=N–C) groups is 1. The summed E-state index contributed by atoms with van der Waals surface area (Å²) >= 11 is 0. The number of hydrogen-bond acceptors (Lipinski definition) is 6. The van der Waals surface area contributed by atoms with Gasteiger partial charge in [-0.3, -0.25) is 9.89 Å². The van der Waals surface area contributed by atoms with Crippen LogP contribution in [-0.4, -0.2) is 41.7 Å². The van der Waals surface area contributed by atoms with Gasteiger partial charge in [0.15, 0.2) is 17.3 Å². The first kappa shape index (κ1) is 17.6. The van der Waals surface area contributed by atoms with Crippen LogP contribution in [0, 0.1) is 5.92 Å². The SMILES string of the molecule is CCCC1=Nc2[nH]ncc2C(c2ccc3c(c2)OCCO3)C1C(=O)OCC. The minimum absolute atomic E-state index is 0.229. The van der Waals surface area contributed by atoms with Crippen LogP contribution in [0.1, 0.15) is 43.7 Å². The van der Waals surface area contributed by atoms with Crippen LogP contribution < -0.4 is 9.47 Å². The van der Waals surface area contributed by atoms with Gasteiger partial charge in [-0.25, -0.2) is 4.99 Å². The zero-order valence-corrected chi connectivity index (χ0v) is 15.5. The van der Waals surface area contributed by atoms with Gasteiger partial charge >= 0.3 is 5.97 Å². The zero-order valence-electron chi connectivity index (χ0n) is 15.5. The molecule has 2 unspecified atom stereocenters. The van der Waals surface area contributed by atoms with Gasteiger partial charge in [0, 0.05) is 17.2 Å². The van der Waals surface area contributed by atoms with Crippen LogP contribution in [-0.2, 0) is 9.53 Å². The van der Waals surface area contributed by atoms with Crippen LogP contribution in [0.3, 0.4) is 0 Å². The second-order valence-electron chi connectivity index (χ2n) is 6.64. The van der Waals surface area contributed by atoms with Crippen LogP contribution in [0.25, 0.3) is 0 Å². The van der Waals surface area contributed by atoms with Crippen LogP contribution in [0.5, 0.6) is 11.5 Å². The number of fused-ring (bicyclic) bond motifs is 2. The van der Waals surface area contributed by atoms with Crippen LogP contribution in [0.4, 0.5) is 5.82 Å². The average molecular weight is 369 g/mol. The van der Waals surface area contributed by atoms with Crippen molar-refractivity contribution in [2.24, 2.45) is 10.9 Å². The Morgan fingerprint density at radius 1 is 1.26 bits per heavy atom. The Kier molecular flexibility index (Phi) is 4.83. The Hall–Kier alpha value is -2.83. The van der Waals surface area contributed by atoms with Crippen molar-refractivity contribution in [3.8, 4) is 11.5 Å². The molecule has 2 aliphatic rings. The van der Waals surface area contributed by atoms with Gasteiger partial charge in [-0.1, -0.05) is 19.4 Å². The van der Waals surface area contributed by atoms with E-state index in [1.807, 2.05) is 25.1 Å². The minimum atomic E-state index is -0.474. The Morgan fingerprint density at radius 3 is 2.85 bits per heavy atom. The predicted molar refractivity (Wildman–Crippen MR) is 100.0 cm³/mol. The van der Waals surface area contributed by atoms with E-state index in [1.54, 1.807) is 6.20 Å². The Bertz CT molecular complexity index is 874. The number of benzene rings is 1. The van der Waals surface area contributed by atoms with Crippen molar-refractivity contribution in [1.29, 1.82) is 0 Å². The molecular formula is C20H23N3O4. The third-order valence-electron chi connectivity index (χ3n) is 4.90. The molecule has 0 bridgehead atoms. The molecule has 0 spiro atoms. The van der Waals surface area contributed by atoms with Gasteiger partial charge in [0.2, 0.25) is 0 Å². The molecule has 1 N–H and O–H groups in total. The standard InChI is InChI=1S/C20H23N3O4/c1-3-5-14-18(20(24)25-4-2)17(13-11-21-23-19(13)22-14)12-6-7-15-16(10-12)27-9-8-26-15/h6-7,10-11,17-18H,3-5,8-9H2,1-2H3,(H,21,23). The Labute approximate surface area is 157 Å². The molecular weight excluding hydrogens is 346 g/mol. The molecule has 2 atom stereocenters. The van der Waals surface area contributed by atoms with Gasteiger partial charge in [0.05, 0.1) is 12.8 Å². The fraction of sp³-hybridized carbons (Fsp3) is 0.450. The molecule has 7 nitrogen and oxygen atoms in total. The lowest BCUT2D eigenvalue weighted by Gasteiger charge is -2.31. The number of esters is 1. The van der Waals surface area contributed by atoms with E-state index >= 15 is 0 Å². The van der Waals surface area contributed by atoms with Crippen LogP contribution in [0.15, 0.2) is 29.4 Å². The summed E-state index contributed by atoms with van der Waals surface area (Å²) in [5, 5.41) is 7.12. The predicted octanol–water partition coefficient (Wildman–Crippen LogP) is 3.38. The molecule has 0 saturated heterocycles. The van der Waals surface area contributed by atoms with Gasteiger partial charge in [0.25, 0.3) is 0 Å². The highest BCUT2D eigenvalue weighted by Gasteiger charge is 2.41. The molecule has 0 fully saturated rings. The Balaban J connectivity index is 1.82. The molecule has 0 amide bonds. The molecule has 0 saturated carbocycles. The van der Waals surface area contributed by atoms with Crippen LogP contribution in [0.2, 0.25) is 0 Å². The molecule has 27 heavy (non-hydrogen) atoms. The third kappa shape index (κ3) is 3.18. The van der Waals surface area contributed by atoms with Crippen LogP contribution >= 0.6 is 0 Å². The van der Waals surface area contributed by atoms with E-state index in [9.17, 15) is 4.79 Å². The molecule has 3 heterocycles. The monoisotopic (exact) mass is 369 g/mol. The van der Waals surface area contributed by atoms with E-state index in [0.29, 0.717) is 31.4 Å². The minimum Gasteiger partial charge on any atom is -0.486 e. The number of nitrogens with one attached hydrogen (secondary N) is 1. The number of carbonyl (C=O) groups excluding carboxylic acids is 1. The van der Waals surface area contributed by atoms with Crippen molar-refractivity contribution in [1.82, 2.24) is 10.2 Å². The second-order valence-corrected chi connectivity index (χ2v) is 6.64. The number of aromatic nitrogens is 2. The molecule has 7 heteroatoms. The second kappa shape index (κ2) is 7.42. The first-order valence-corrected chi connectivity index (χ1v) is 9.39. The highest BCUT2D eigenvalue weighted by atomic mass is 16.6.